The Morgan fingerprint density at radius 3 is 2.27 bits per heavy atom. The average Bonchev–Trinajstić information content (AvgIpc) is 3.23. The van der Waals surface area contributed by atoms with E-state index in [4.69, 9.17) is 25.4 Å². The lowest BCUT2D eigenvalue weighted by Crippen LogP contribution is -2.33. The third kappa shape index (κ3) is 5.57. The van der Waals surface area contributed by atoms with Crippen molar-refractivity contribution < 1.29 is 52.3 Å². The second-order valence-electron chi connectivity index (χ2n) is 5.70. The van der Waals surface area contributed by atoms with E-state index in [0.29, 0.717) is 11.2 Å². The lowest BCUT2D eigenvalue weighted by Gasteiger charge is -2.16. The van der Waals surface area contributed by atoms with Crippen LogP contribution in [0.5, 0.6) is 0 Å². The molecule has 0 unspecified atom stereocenters. The molecule has 3 heterocycles. The fraction of sp³-hybridized carbons (Fsp3) is 0.583. The number of hydrogen-bond donors (Lipinski definition) is 6. The predicted octanol–water partition coefficient (Wildman–Crippen LogP) is -1.48. The second kappa shape index (κ2) is 9.72. The number of rotatable bonds is 6. The summed E-state index contributed by atoms with van der Waals surface area (Å²) in [6.07, 6.45) is -1.42. The van der Waals surface area contributed by atoms with Gasteiger partial charge in [0.25, 0.3) is 0 Å². The minimum atomic E-state index is -4.83. The van der Waals surface area contributed by atoms with Gasteiger partial charge >= 0.3 is 15.6 Å². The van der Waals surface area contributed by atoms with Crippen LogP contribution in [0.3, 0.4) is 0 Å². The Morgan fingerprint density at radius 1 is 1.17 bits per heavy atom. The fourth-order valence-corrected chi connectivity index (χ4v) is 4.16. The summed E-state index contributed by atoms with van der Waals surface area (Å²) in [5, 5.41) is 28.7. The fourth-order valence-electron chi connectivity index (χ4n) is 2.44. The molecule has 1 saturated heterocycles. The normalized spacial score (nSPS) is 24.6. The van der Waals surface area contributed by atoms with E-state index in [0.717, 1.165) is 14.2 Å². The number of aromatic nitrogens is 4. The topological polar surface area (TPSA) is 242 Å². The lowest BCUT2D eigenvalue weighted by molar-refractivity contribution is -0.0511. The summed E-state index contributed by atoms with van der Waals surface area (Å²) in [5.74, 6) is 0.218. The summed E-state index contributed by atoms with van der Waals surface area (Å²) in [4.78, 5) is 28.2. The number of imidazole rings is 1. The molecule has 1 aliphatic heterocycles. The van der Waals surface area contributed by atoms with Crippen molar-refractivity contribution in [2.75, 3.05) is 26.6 Å². The maximum absolute atomic E-state index is 10.8. The van der Waals surface area contributed by atoms with Crippen LogP contribution in [0.4, 0.5) is 5.82 Å². The molecule has 1 aliphatic rings. The molecule has 18 heteroatoms. The van der Waals surface area contributed by atoms with Crippen LogP contribution in [0.1, 0.15) is 6.23 Å². The van der Waals surface area contributed by atoms with Crippen LogP contribution >= 0.6 is 15.6 Å². The third-order valence-electron chi connectivity index (χ3n) is 3.83. The molecule has 170 valence electrons. The van der Waals surface area contributed by atoms with Crippen molar-refractivity contribution in [3.63, 3.8) is 0 Å². The predicted molar refractivity (Wildman–Crippen MR) is 97.5 cm³/mol. The van der Waals surface area contributed by atoms with E-state index in [-0.39, 0.29) is 5.82 Å². The van der Waals surface area contributed by atoms with E-state index in [1.54, 1.807) is 0 Å². The zero-order chi connectivity index (χ0) is 22.7. The van der Waals surface area contributed by atoms with E-state index in [1.807, 2.05) is 0 Å². The minimum Gasteiger partial charge on any atom is -0.394 e. The van der Waals surface area contributed by atoms with E-state index < -0.39 is 46.8 Å². The zero-order valence-electron chi connectivity index (χ0n) is 15.6. The maximum atomic E-state index is 10.8. The summed E-state index contributed by atoms with van der Waals surface area (Å²) >= 11 is 0. The molecule has 0 amide bonds. The Labute approximate surface area is 169 Å². The van der Waals surface area contributed by atoms with Crippen LogP contribution in [0.15, 0.2) is 12.7 Å². The van der Waals surface area contributed by atoms with Gasteiger partial charge in [0.15, 0.2) is 17.7 Å². The van der Waals surface area contributed by atoms with Crippen LogP contribution in [0.2, 0.25) is 0 Å². The molecule has 4 atom stereocenters. The number of phosphoric acid groups is 2. The van der Waals surface area contributed by atoms with Crippen molar-refractivity contribution in [1.29, 1.82) is 0 Å². The highest BCUT2D eigenvalue weighted by Gasteiger charge is 2.44. The summed E-state index contributed by atoms with van der Waals surface area (Å²) in [5.41, 5.74) is 6.44. The van der Waals surface area contributed by atoms with Crippen molar-refractivity contribution in [2.45, 2.75) is 24.5 Å². The molecule has 0 spiro atoms. The smallest absolute Gasteiger partial charge is 0.394 e. The average molecular weight is 473 g/mol. The van der Waals surface area contributed by atoms with Crippen LogP contribution in [0, 0.1) is 0 Å². The van der Waals surface area contributed by atoms with Crippen molar-refractivity contribution in [2.24, 2.45) is 0 Å². The van der Waals surface area contributed by atoms with Gasteiger partial charge in [0.05, 0.1) is 12.9 Å². The van der Waals surface area contributed by atoms with Gasteiger partial charge in [0, 0.05) is 14.2 Å². The Balaban J connectivity index is 0.000000252. The lowest BCUT2D eigenvalue weighted by atomic mass is 10.1. The minimum absolute atomic E-state index is 0.218. The first kappa shape index (κ1) is 24.7. The third-order valence-corrected chi connectivity index (χ3v) is 6.38. The molecule has 0 aliphatic carbocycles. The molecular weight excluding hydrogens is 452 g/mol. The first-order valence-corrected chi connectivity index (χ1v) is 11.0. The molecular formula is C12H21N5O11P2. The molecule has 0 bridgehead atoms. The summed E-state index contributed by atoms with van der Waals surface area (Å²) in [6.45, 7) is -0.390. The number of anilines is 1. The number of fused-ring (bicyclic) bond motifs is 1. The summed E-state index contributed by atoms with van der Waals surface area (Å²) in [6, 6.07) is 0. The number of aliphatic hydroxyl groups is 3. The maximum Gasteiger partial charge on any atom is 0.483 e. The molecule has 2 aromatic heterocycles. The number of nitrogen functional groups attached to an aromatic ring is 1. The van der Waals surface area contributed by atoms with Gasteiger partial charge in [-0.1, -0.05) is 0 Å². The van der Waals surface area contributed by atoms with Crippen molar-refractivity contribution in [3.05, 3.63) is 12.7 Å². The van der Waals surface area contributed by atoms with Crippen LogP contribution in [-0.4, -0.2) is 83.8 Å². The van der Waals surface area contributed by atoms with E-state index >= 15 is 0 Å². The van der Waals surface area contributed by atoms with Gasteiger partial charge in [-0.2, -0.15) is 4.31 Å². The van der Waals surface area contributed by atoms with Crippen molar-refractivity contribution in [1.82, 2.24) is 19.5 Å². The Kier molecular flexibility index (Phi) is 8.01. The molecule has 30 heavy (non-hydrogen) atoms. The monoisotopic (exact) mass is 473 g/mol. The highest BCUT2D eigenvalue weighted by atomic mass is 31.3. The molecule has 1 fully saturated rings. The molecule has 7 N–H and O–H groups in total. The van der Waals surface area contributed by atoms with Crippen LogP contribution < -0.4 is 5.73 Å². The molecule has 3 rings (SSSR count). The van der Waals surface area contributed by atoms with Gasteiger partial charge < -0.3 is 35.6 Å². The van der Waals surface area contributed by atoms with Gasteiger partial charge in [-0.05, 0) is 0 Å². The van der Waals surface area contributed by atoms with Crippen molar-refractivity contribution in [3.8, 4) is 0 Å². The van der Waals surface area contributed by atoms with Crippen LogP contribution in [-0.2, 0) is 27.2 Å². The second-order valence-corrected chi connectivity index (χ2v) is 8.96. The van der Waals surface area contributed by atoms with E-state index in [2.05, 4.69) is 28.3 Å². The SMILES string of the molecule is COP(=O)(OC)OP(=O)(O)O.Nc1ncnc2c1ncn2[C@@H]1O[C@H](CO)[C@@H](O)[C@H]1O. The Morgan fingerprint density at radius 2 is 1.80 bits per heavy atom. The first-order valence-electron chi connectivity index (χ1n) is 8.00. The van der Waals surface area contributed by atoms with Gasteiger partial charge in [0.1, 0.15) is 30.2 Å². The number of phosphoric ester groups is 1. The molecule has 0 aromatic carbocycles. The quantitative estimate of drug-likeness (QED) is 0.262. The number of hydrogen-bond acceptors (Lipinski definition) is 13. The Bertz CT molecular complexity index is 944. The van der Waals surface area contributed by atoms with Gasteiger partial charge in [0.2, 0.25) is 0 Å². The van der Waals surface area contributed by atoms with Gasteiger partial charge in [-0.25, -0.2) is 24.1 Å². The van der Waals surface area contributed by atoms with Gasteiger partial charge in [-0.15, -0.1) is 0 Å². The van der Waals surface area contributed by atoms with Crippen LogP contribution in [0.25, 0.3) is 11.2 Å². The highest BCUT2D eigenvalue weighted by molar-refractivity contribution is 7.61. The standard InChI is InChI=1S/C10H13N5O4.C2H8O7P2/c11-8-5-9(13-2-12-8)15(3-14-5)10-7(18)6(17)4(1-16)19-10;1-7-11(6,8-2)9-10(3,4)5/h2-4,6-7,10,16-18H,1H2,(H2,11,12,13);1-2H3,(H2,3,4,5)/t4-,6-,7-,10-;/m1./s1. The number of nitrogens with zero attached hydrogens (tertiary/aromatic N) is 4. The summed E-state index contributed by atoms with van der Waals surface area (Å²) in [7, 11) is -7.01. The number of ether oxygens (including phenoxy) is 1. The van der Waals surface area contributed by atoms with Gasteiger partial charge in [-0.3, -0.25) is 13.6 Å². The van der Waals surface area contributed by atoms with Crippen molar-refractivity contribution >= 4 is 32.6 Å². The van der Waals surface area contributed by atoms with E-state index in [9.17, 15) is 19.3 Å². The Hall–Kier alpha value is -1.55. The highest BCUT2D eigenvalue weighted by Crippen LogP contribution is 2.60. The largest absolute Gasteiger partial charge is 0.483 e. The molecule has 0 saturated carbocycles. The first-order chi connectivity index (χ1) is 14.0. The number of nitrogens with two attached hydrogens (primary N) is 1. The zero-order valence-corrected chi connectivity index (χ0v) is 17.4. The molecule has 2 aromatic rings. The van der Waals surface area contributed by atoms with E-state index in [1.165, 1.54) is 17.2 Å². The summed E-state index contributed by atoms with van der Waals surface area (Å²) < 4.78 is 39.6. The number of aliphatic hydroxyl groups excluding tert-OH is 3. The molecule has 16 nitrogen and oxygen atoms in total. The molecule has 0 radical (unpaired) electrons.